The number of urea groups is 1. The second-order valence-electron chi connectivity index (χ2n) is 6.83. The van der Waals surface area contributed by atoms with Gasteiger partial charge in [-0.15, -0.1) is 0 Å². The van der Waals surface area contributed by atoms with Gasteiger partial charge in [-0.2, -0.15) is 0 Å². The molecule has 0 spiro atoms. The molecule has 7 nitrogen and oxygen atoms in total. The quantitative estimate of drug-likeness (QED) is 0.793. The number of carbonyl (C=O) groups excluding carboxylic acids is 2. The van der Waals surface area contributed by atoms with Gasteiger partial charge >= 0.3 is 6.03 Å². The maximum absolute atomic E-state index is 13.1. The van der Waals surface area contributed by atoms with E-state index in [1.165, 1.54) is 0 Å². The number of nitrogens with one attached hydrogen (secondary N) is 1. The number of hydrogen-bond donors (Lipinski definition) is 1. The minimum atomic E-state index is -0.430. The molecule has 0 bridgehead atoms. The lowest BCUT2D eigenvalue weighted by Crippen LogP contribution is -2.45. The Morgan fingerprint density at radius 1 is 1.19 bits per heavy atom. The molecule has 7 heteroatoms. The Morgan fingerprint density at radius 3 is 2.44 bits per heavy atom. The highest BCUT2D eigenvalue weighted by Crippen LogP contribution is 2.35. The van der Waals surface area contributed by atoms with Crippen LogP contribution < -0.4 is 10.1 Å². The monoisotopic (exact) mass is 372 g/mol. The van der Waals surface area contributed by atoms with E-state index in [1.807, 2.05) is 29.2 Å². The first kappa shape index (κ1) is 19.2. The van der Waals surface area contributed by atoms with E-state index in [-0.39, 0.29) is 11.9 Å². The van der Waals surface area contributed by atoms with E-state index in [4.69, 9.17) is 4.74 Å². The van der Waals surface area contributed by atoms with Gasteiger partial charge in [0.1, 0.15) is 5.75 Å². The van der Waals surface area contributed by atoms with Gasteiger partial charge in [-0.05, 0) is 30.8 Å². The van der Waals surface area contributed by atoms with Crippen molar-refractivity contribution in [3.05, 3.63) is 41.1 Å². The van der Waals surface area contributed by atoms with E-state index < -0.39 is 6.04 Å². The van der Waals surface area contributed by atoms with Crippen LogP contribution in [0.4, 0.5) is 4.79 Å². The Kier molecular flexibility index (Phi) is 5.70. The molecule has 146 valence electrons. The standard InChI is InChI=1S/C20H28N4O3/c1-5-23(6-2)11-12-24-13-16-17(19(24)25)18(21-20(26)22(16)3)14-7-9-15(27-4)10-8-14/h7-10,18H,5-6,11-13H2,1-4H3,(H,21,26). The van der Waals surface area contributed by atoms with Crippen LogP contribution in [0.15, 0.2) is 35.5 Å². The maximum atomic E-state index is 13.1. The van der Waals surface area contributed by atoms with Crippen molar-refractivity contribution in [1.82, 2.24) is 20.0 Å². The molecule has 1 atom stereocenters. The van der Waals surface area contributed by atoms with Crippen LogP contribution in [0, 0.1) is 0 Å². The lowest BCUT2D eigenvalue weighted by atomic mass is 9.95. The Balaban J connectivity index is 1.84. The van der Waals surface area contributed by atoms with E-state index >= 15 is 0 Å². The van der Waals surface area contributed by atoms with Crippen molar-refractivity contribution in [3.8, 4) is 5.75 Å². The molecule has 1 aromatic rings. The number of carbonyl (C=O) groups is 2. The highest BCUT2D eigenvalue weighted by Gasteiger charge is 2.42. The van der Waals surface area contributed by atoms with E-state index in [2.05, 4.69) is 24.1 Å². The number of benzene rings is 1. The molecule has 0 radical (unpaired) electrons. The SMILES string of the molecule is CCN(CC)CCN1CC2=C(C1=O)C(c1ccc(OC)cc1)NC(=O)N2C. The largest absolute Gasteiger partial charge is 0.497 e. The zero-order valence-electron chi connectivity index (χ0n) is 16.5. The zero-order valence-corrected chi connectivity index (χ0v) is 16.5. The molecular weight excluding hydrogens is 344 g/mol. The second kappa shape index (κ2) is 8.00. The van der Waals surface area contributed by atoms with Crippen molar-refractivity contribution in [3.63, 3.8) is 0 Å². The van der Waals surface area contributed by atoms with Crippen LogP contribution in [0.5, 0.6) is 5.75 Å². The third-order valence-electron chi connectivity index (χ3n) is 5.46. The second-order valence-corrected chi connectivity index (χ2v) is 6.83. The molecule has 3 rings (SSSR count). The van der Waals surface area contributed by atoms with Crippen LogP contribution in [-0.4, -0.2) is 73.5 Å². The van der Waals surface area contributed by atoms with Crippen molar-refractivity contribution >= 4 is 11.9 Å². The molecule has 0 fully saturated rings. The first-order valence-electron chi connectivity index (χ1n) is 9.42. The number of likely N-dealkylation sites (N-methyl/N-ethyl adjacent to an activating group) is 2. The summed E-state index contributed by atoms with van der Waals surface area (Å²) >= 11 is 0. The molecule has 3 amide bonds. The van der Waals surface area contributed by atoms with Crippen molar-refractivity contribution in [1.29, 1.82) is 0 Å². The van der Waals surface area contributed by atoms with E-state index in [9.17, 15) is 9.59 Å². The predicted octanol–water partition coefficient (Wildman–Crippen LogP) is 1.83. The summed E-state index contributed by atoms with van der Waals surface area (Å²) in [5.74, 6) is 0.746. The van der Waals surface area contributed by atoms with Gasteiger partial charge in [-0.3, -0.25) is 9.69 Å². The van der Waals surface area contributed by atoms with Gasteiger partial charge in [0.05, 0.1) is 31.0 Å². The van der Waals surface area contributed by atoms with Crippen molar-refractivity contribution in [2.24, 2.45) is 0 Å². The fraction of sp³-hybridized carbons (Fsp3) is 0.500. The van der Waals surface area contributed by atoms with Crippen LogP contribution in [0.2, 0.25) is 0 Å². The topological polar surface area (TPSA) is 65.1 Å². The lowest BCUT2D eigenvalue weighted by Gasteiger charge is -2.31. The number of methoxy groups -OCH3 is 1. The lowest BCUT2D eigenvalue weighted by molar-refractivity contribution is -0.126. The Bertz CT molecular complexity index is 740. The fourth-order valence-electron chi connectivity index (χ4n) is 3.65. The summed E-state index contributed by atoms with van der Waals surface area (Å²) in [6.07, 6.45) is 0. The minimum Gasteiger partial charge on any atom is -0.497 e. The van der Waals surface area contributed by atoms with E-state index in [1.54, 1.807) is 19.1 Å². The molecule has 27 heavy (non-hydrogen) atoms. The van der Waals surface area contributed by atoms with Crippen LogP contribution in [0.3, 0.4) is 0 Å². The molecule has 0 aromatic heterocycles. The summed E-state index contributed by atoms with van der Waals surface area (Å²) in [5, 5.41) is 2.96. The van der Waals surface area contributed by atoms with Gasteiger partial charge in [0, 0.05) is 20.1 Å². The third kappa shape index (κ3) is 3.64. The third-order valence-corrected chi connectivity index (χ3v) is 5.46. The smallest absolute Gasteiger partial charge is 0.322 e. The molecule has 1 unspecified atom stereocenters. The first-order valence-corrected chi connectivity index (χ1v) is 9.42. The molecule has 1 aromatic carbocycles. The van der Waals surface area contributed by atoms with Gasteiger partial charge in [-0.25, -0.2) is 4.79 Å². The highest BCUT2D eigenvalue weighted by atomic mass is 16.5. The molecule has 0 aliphatic carbocycles. The Morgan fingerprint density at radius 2 is 1.85 bits per heavy atom. The van der Waals surface area contributed by atoms with Gasteiger partial charge in [-0.1, -0.05) is 26.0 Å². The summed E-state index contributed by atoms with van der Waals surface area (Å²) in [5.41, 5.74) is 2.34. The minimum absolute atomic E-state index is 0.00447. The van der Waals surface area contributed by atoms with E-state index in [0.29, 0.717) is 18.7 Å². The molecule has 0 saturated heterocycles. The maximum Gasteiger partial charge on any atom is 0.322 e. The molecule has 0 saturated carbocycles. The molecule has 2 heterocycles. The highest BCUT2D eigenvalue weighted by molar-refractivity contribution is 6.01. The van der Waals surface area contributed by atoms with Crippen LogP contribution in [0.25, 0.3) is 0 Å². The summed E-state index contributed by atoms with van der Waals surface area (Å²) in [7, 11) is 3.33. The van der Waals surface area contributed by atoms with Crippen molar-refractivity contribution in [2.45, 2.75) is 19.9 Å². The van der Waals surface area contributed by atoms with Gasteiger partial charge < -0.3 is 19.9 Å². The fourth-order valence-corrected chi connectivity index (χ4v) is 3.65. The zero-order chi connectivity index (χ0) is 19.6. The van der Waals surface area contributed by atoms with Crippen LogP contribution in [-0.2, 0) is 4.79 Å². The van der Waals surface area contributed by atoms with Gasteiger partial charge in [0.2, 0.25) is 0 Å². The summed E-state index contributed by atoms with van der Waals surface area (Å²) in [6, 6.07) is 6.86. The summed E-state index contributed by atoms with van der Waals surface area (Å²) in [4.78, 5) is 31.3. The molecule has 1 N–H and O–H groups in total. The number of amides is 3. The number of ether oxygens (including phenoxy) is 1. The Hall–Kier alpha value is -2.54. The normalized spacial score (nSPS) is 19.7. The summed E-state index contributed by atoms with van der Waals surface area (Å²) < 4.78 is 5.21. The average molecular weight is 372 g/mol. The van der Waals surface area contributed by atoms with Crippen molar-refractivity contribution < 1.29 is 14.3 Å². The van der Waals surface area contributed by atoms with Gasteiger partial charge in [0.15, 0.2) is 0 Å². The number of nitrogens with zero attached hydrogens (tertiary/aromatic N) is 3. The molecular formula is C20H28N4O3. The predicted molar refractivity (Wildman–Crippen MR) is 103 cm³/mol. The Labute approximate surface area is 160 Å². The van der Waals surface area contributed by atoms with E-state index in [0.717, 1.165) is 36.6 Å². The van der Waals surface area contributed by atoms with Gasteiger partial charge in [0.25, 0.3) is 5.91 Å². The summed E-state index contributed by atoms with van der Waals surface area (Å²) in [6.45, 7) is 8.12. The number of rotatable bonds is 7. The van der Waals surface area contributed by atoms with Crippen molar-refractivity contribution in [2.75, 3.05) is 46.9 Å². The molecule has 2 aliphatic heterocycles. The van der Waals surface area contributed by atoms with Crippen LogP contribution >= 0.6 is 0 Å². The number of hydrogen-bond acceptors (Lipinski definition) is 4. The molecule has 2 aliphatic rings. The van der Waals surface area contributed by atoms with Crippen LogP contribution in [0.1, 0.15) is 25.5 Å². The first-order chi connectivity index (χ1) is 13.0. The average Bonchev–Trinajstić information content (AvgIpc) is 3.02.